The number of hydrogen-bond donors (Lipinski definition) is 1. The molecule has 0 aliphatic heterocycles. The molecular weight excluding hydrogens is 218 g/mol. The Labute approximate surface area is 110 Å². The molecule has 0 unspecified atom stereocenters. The molecule has 1 nitrogen and oxygen atoms in total. The van der Waals surface area contributed by atoms with E-state index in [1.165, 1.54) is 16.7 Å². The number of nitrogens with two attached hydrogens (primary N) is 1. The smallest absolute Gasteiger partial charge is 0.0349 e. The molecular formula is C17H21N. The van der Waals surface area contributed by atoms with Crippen molar-refractivity contribution in [1.82, 2.24) is 0 Å². The van der Waals surface area contributed by atoms with E-state index in [0.717, 1.165) is 17.7 Å². The molecule has 0 bridgehead atoms. The van der Waals surface area contributed by atoms with Crippen LogP contribution in [0.15, 0.2) is 42.5 Å². The number of benzene rings is 2. The van der Waals surface area contributed by atoms with Crippen LogP contribution >= 0.6 is 0 Å². The van der Waals surface area contributed by atoms with Gasteiger partial charge < -0.3 is 5.73 Å². The average Bonchev–Trinajstić information content (AvgIpc) is 2.33. The Kier molecular flexibility index (Phi) is 3.71. The first kappa shape index (κ1) is 12.7. The molecule has 2 N–H and O–H groups in total. The van der Waals surface area contributed by atoms with E-state index in [9.17, 15) is 0 Å². The lowest BCUT2D eigenvalue weighted by molar-refractivity contribution is 0.647. The van der Waals surface area contributed by atoms with Crippen LogP contribution in [-0.4, -0.2) is 0 Å². The lowest BCUT2D eigenvalue weighted by Gasteiger charge is -2.10. The molecule has 2 aromatic carbocycles. The summed E-state index contributed by atoms with van der Waals surface area (Å²) >= 11 is 0. The second-order valence-corrected chi connectivity index (χ2v) is 5.31. The highest BCUT2D eigenvalue weighted by Crippen LogP contribution is 2.27. The average molecular weight is 239 g/mol. The third-order valence-electron chi connectivity index (χ3n) is 3.28. The van der Waals surface area contributed by atoms with E-state index in [2.05, 4.69) is 51.1 Å². The van der Waals surface area contributed by atoms with Crippen molar-refractivity contribution in [2.45, 2.75) is 27.2 Å². The van der Waals surface area contributed by atoms with Gasteiger partial charge in [0.2, 0.25) is 0 Å². The third-order valence-corrected chi connectivity index (χ3v) is 3.28. The molecule has 0 aliphatic carbocycles. The zero-order valence-electron chi connectivity index (χ0n) is 11.4. The molecule has 0 heterocycles. The zero-order chi connectivity index (χ0) is 13.1. The maximum atomic E-state index is 5.95. The van der Waals surface area contributed by atoms with Crippen LogP contribution in [0.4, 0.5) is 5.69 Å². The van der Waals surface area contributed by atoms with E-state index in [1.54, 1.807) is 0 Å². The van der Waals surface area contributed by atoms with Crippen molar-refractivity contribution in [3.8, 4) is 11.1 Å². The molecule has 0 saturated carbocycles. The van der Waals surface area contributed by atoms with Gasteiger partial charge in [-0.3, -0.25) is 0 Å². The standard InChI is InChI=1S/C17H21N/c1-12(2)11-14-7-9-15(10-8-14)16-5-4-6-17(18)13(16)3/h4-10,12H,11,18H2,1-3H3. The summed E-state index contributed by atoms with van der Waals surface area (Å²) in [5.41, 5.74) is 11.8. The summed E-state index contributed by atoms with van der Waals surface area (Å²) in [5, 5.41) is 0. The van der Waals surface area contributed by atoms with Crippen LogP contribution in [0.2, 0.25) is 0 Å². The predicted molar refractivity (Wildman–Crippen MR) is 79.6 cm³/mol. The molecule has 0 atom stereocenters. The van der Waals surface area contributed by atoms with Crippen LogP contribution in [-0.2, 0) is 6.42 Å². The SMILES string of the molecule is Cc1c(N)cccc1-c1ccc(CC(C)C)cc1. The number of hydrogen-bond acceptors (Lipinski definition) is 1. The minimum Gasteiger partial charge on any atom is -0.398 e. The van der Waals surface area contributed by atoms with Gasteiger partial charge in [-0.1, -0.05) is 50.2 Å². The summed E-state index contributed by atoms with van der Waals surface area (Å²) in [5.74, 6) is 0.699. The lowest BCUT2D eigenvalue weighted by atomic mass is 9.96. The van der Waals surface area contributed by atoms with Crippen LogP contribution in [0, 0.1) is 12.8 Å². The summed E-state index contributed by atoms with van der Waals surface area (Å²) in [7, 11) is 0. The maximum absolute atomic E-state index is 5.95. The lowest BCUT2D eigenvalue weighted by Crippen LogP contribution is -1.94. The Balaban J connectivity index is 2.32. The van der Waals surface area contributed by atoms with Crippen molar-refractivity contribution < 1.29 is 0 Å². The first-order chi connectivity index (χ1) is 8.58. The molecule has 18 heavy (non-hydrogen) atoms. The summed E-state index contributed by atoms with van der Waals surface area (Å²) in [6, 6.07) is 14.9. The van der Waals surface area contributed by atoms with Crippen LogP contribution in [0.1, 0.15) is 25.0 Å². The molecule has 0 spiro atoms. The van der Waals surface area contributed by atoms with Crippen LogP contribution < -0.4 is 5.73 Å². The summed E-state index contributed by atoms with van der Waals surface area (Å²) < 4.78 is 0. The van der Waals surface area contributed by atoms with Crippen molar-refractivity contribution in [2.75, 3.05) is 5.73 Å². The van der Waals surface area contributed by atoms with E-state index >= 15 is 0 Å². The fourth-order valence-corrected chi connectivity index (χ4v) is 2.26. The molecule has 0 saturated heterocycles. The van der Waals surface area contributed by atoms with Crippen LogP contribution in [0.3, 0.4) is 0 Å². The van der Waals surface area contributed by atoms with Gasteiger partial charge in [-0.05, 0) is 47.6 Å². The van der Waals surface area contributed by atoms with Gasteiger partial charge in [-0.25, -0.2) is 0 Å². The normalized spacial score (nSPS) is 10.9. The summed E-state index contributed by atoms with van der Waals surface area (Å²) in [6.45, 7) is 6.57. The quantitative estimate of drug-likeness (QED) is 0.787. The van der Waals surface area contributed by atoms with Crippen molar-refractivity contribution in [3.63, 3.8) is 0 Å². The van der Waals surface area contributed by atoms with E-state index in [4.69, 9.17) is 5.73 Å². The number of nitrogen functional groups attached to an aromatic ring is 1. The van der Waals surface area contributed by atoms with Gasteiger partial charge in [0.05, 0.1) is 0 Å². The molecule has 0 fully saturated rings. The van der Waals surface area contributed by atoms with Gasteiger partial charge in [0.1, 0.15) is 0 Å². The minimum absolute atomic E-state index is 0.699. The van der Waals surface area contributed by atoms with Gasteiger partial charge in [0, 0.05) is 5.69 Å². The van der Waals surface area contributed by atoms with Gasteiger partial charge in [0.15, 0.2) is 0 Å². The molecule has 1 heteroatoms. The fraction of sp³-hybridized carbons (Fsp3) is 0.294. The summed E-state index contributed by atoms with van der Waals surface area (Å²) in [6.07, 6.45) is 1.14. The Morgan fingerprint density at radius 3 is 2.28 bits per heavy atom. The molecule has 0 radical (unpaired) electrons. The first-order valence-electron chi connectivity index (χ1n) is 6.52. The molecule has 2 aromatic rings. The van der Waals surface area contributed by atoms with Crippen molar-refractivity contribution in [1.29, 1.82) is 0 Å². The van der Waals surface area contributed by atoms with Gasteiger partial charge >= 0.3 is 0 Å². The third kappa shape index (κ3) is 2.73. The highest BCUT2D eigenvalue weighted by atomic mass is 14.6. The van der Waals surface area contributed by atoms with Gasteiger partial charge in [-0.15, -0.1) is 0 Å². The highest BCUT2D eigenvalue weighted by molar-refractivity contribution is 5.72. The zero-order valence-corrected chi connectivity index (χ0v) is 11.4. The molecule has 0 amide bonds. The monoisotopic (exact) mass is 239 g/mol. The first-order valence-corrected chi connectivity index (χ1v) is 6.52. The minimum atomic E-state index is 0.699. The fourth-order valence-electron chi connectivity index (χ4n) is 2.26. The Hall–Kier alpha value is -1.76. The maximum Gasteiger partial charge on any atom is 0.0349 e. The van der Waals surface area contributed by atoms with E-state index in [-0.39, 0.29) is 0 Å². The Morgan fingerprint density at radius 1 is 1.00 bits per heavy atom. The van der Waals surface area contributed by atoms with E-state index in [0.29, 0.717) is 5.92 Å². The number of anilines is 1. The topological polar surface area (TPSA) is 26.0 Å². The Morgan fingerprint density at radius 2 is 1.67 bits per heavy atom. The second kappa shape index (κ2) is 5.26. The predicted octanol–water partition coefficient (Wildman–Crippen LogP) is 4.44. The Bertz CT molecular complexity index is 524. The summed E-state index contributed by atoms with van der Waals surface area (Å²) in [4.78, 5) is 0. The van der Waals surface area contributed by atoms with Crippen LogP contribution in [0.25, 0.3) is 11.1 Å². The van der Waals surface area contributed by atoms with Gasteiger partial charge in [0.25, 0.3) is 0 Å². The van der Waals surface area contributed by atoms with E-state index in [1.807, 2.05) is 12.1 Å². The van der Waals surface area contributed by atoms with Gasteiger partial charge in [-0.2, -0.15) is 0 Å². The molecule has 2 rings (SSSR count). The van der Waals surface area contributed by atoms with Crippen molar-refractivity contribution in [2.24, 2.45) is 5.92 Å². The van der Waals surface area contributed by atoms with Crippen molar-refractivity contribution >= 4 is 5.69 Å². The molecule has 0 aliphatic rings. The number of rotatable bonds is 3. The highest BCUT2D eigenvalue weighted by Gasteiger charge is 2.04. The second-order valence-electron chi connectivity index (χ2n) is 5.31. The van der Waals surface area contributed by atoms with Crippen LogP contribution in [0.5, 0.6) is 0 Å². The van der Waals surface area contributed by atoms with E-state index < -0.39 is 0 Å². The molecule has 94 valence electrons. The largest absolute Gasteiger partial charge is 0.398 e. The van der Waals surface area contributed by atoms with Crippen molar-refractivity contribution in [3.05, 3.63) is 53.6 Å². The molecule has 0 aromatic heterocycles.